The van der Waals surface area contributed by atoms with Crippen molar-refractivity contribution in [3.63, 3.8) is 0 Å². The smallest absolute Gasteiger partial charge is 0.194 e. The van der Waals surface area contributed by atoms with Gasteiger partial charge >= 0.3 is 0 Å². The number of hydrogen-bond donors (Lipinski definition) is 1. The van der Waals surface area contributed by atoms with Crippen LogP contribution < -0.4 is 5.32 Å². The van der Waals surface area contributed by atoms with Gasteiger partial charge in [0.2, 0.25) is 0 Å². The molecule has 1 aromatic rings. The van der Waals surface area contributed by atoms with E-state index in [1.807, 2.05) is 24.1 Å². The van der Waals surface area contributed by atoms with Crippen LogP contribution in [-0.2, 0) is 16.4 Å². The average Bonchev–Trinajstić information content (AvgIpc) is 2.99. The molecular weight excluding hydrogens is 481 g/mol. The van der Waals surface area contributed by atoms with Crippen molar-refractivity contribution in [1.29, 1.82) is 0 Å². The highest BCUT2D eigenvalue weighted by Crippen LogP contribution is 2.22. The normalized spacial score (nSPS) is 20.0. The van der Waals surface area contributed by atoms with Gasteiger partial charge in [0.1, 0.15) is 0 Å². The zero-order valence-electron chi connectivity index (χ0n) is 14.2. The first-order chi connectivity index (χ1) is 10.7. The Morgan fingerprint density at radius 3 is 2.71 bits per heavy atom. The van der Waals surface area contributed by atoms with Crippen molar-refractivity contribution in [3.05, 3.63) is 21.3 Å². The third-order valence-corrected chi connectivity index (χ3v) is 6.68. The Labute approximate surface area is 170 Å². The van der Waals surface area contributed by atoms with Gasteiger partial charge in [-0.05, 0) is 38.3 Å². The fraction of sp³-hybridized carbons (Fsp3) is 0.667. The van der Waals surface area contributed by atoms with E-state index < -0.39 is 9.84 Å². The van der Waals surface area contributed by atoms with E-state index in [-0.39, 0.29) is 41.7 Å². The van der Waals surface area contributed by atoms with Crippen molar-refractivity contribution in [2.75, 3.05) is 25.1 Å². The fourth-order valence-electron chi connectivity index (χ4n) is 2.51. The Morgan fingerprint density at radius 1 is 1.50 bits per heavy atom. The van der Waals surface area contributed by atoms with Crippen LogP contribution in [0.2, 0.25) is 4.34 Å². The molecule has 24 heavy (non-hydrogen) atoms. The van der Waals surface area contributed by atoms with Crippen molar-refractivity contribution in [2.24, 2.45) is 10.9 Å². The molecule has 1 aliphatic heterocycles. The number of guanidine groups is 1. The molecule has 9 heteroatoms. The lowest BCUT2D eigenvalue weighted by Crippen LogP contribution is -2.42. The molecule has 0 radical (unpaired) electrons. The lowest BCUT2D eigenvalue weighted by atomic mass is 10.1. The number of aliphatic imine (C=N–C) groups is 1. The molecule has 1 saturated heterocycles. The van der Waals surface area contributed by atoms with Crippen LogP contribution in [0.25, 0.3) is 0 Å². The SMILES string of the molecule is CC(C)NC(=NCC1CCS(=O)(=O)C1)N(C)Cc1ccc(Cl)s1.I. The van der Waals surface area contributed by atoms with E-state index in [9.17, 15) is 8.42 Å². The molecule has 1 fully saturated rings. The molecule has 5 nitrogen and oxygen atoms in total. The first kappa shape index (κ1) is 22.0. The van der Waals surface area contributed by atoms with E-state index >= 15 is 0 Å². The van der Waals surface area contributed by atoms with Crippen molar-refractivity contribution >= 4 is 62.7 Å². The minimum atomic E-state index is -2.85. The highest BCUT2D eigenvalue weighted by atomic mass is 127. The van der Waals surface area contributed by atoms with Crippen molar-refractivity contribution in [1.82, 2.24) is 10.2 Å². The molecule has 1 N–H and O–H groups in total. The molecule has 1 atom stereocenters. The van der Waals surface area contributed by atoms with Crippen LogP contribution in [0, 0.1) is 5.92 Å². The fourth-order valence-corrected chi connectivity index (χ4v) is 5.50. The van der Waals surface area contributed by atoms with Crippen molar-refractivity contribution in [2.45, 2.75) is 32.9 Å². The molecule has 2 rings (SSSR count). The highest BCUT2D eigenvalue weighted by Gasteiger charge is 2.27. The van der Waals surface area contributed by atoms with Crippen LogP contribution in [0.1, 0.15) is 25.1 Å². The second-order valence-electron chi connectivity index (χ2n) is 6.29. The van der Waals surface area contributed by atoms with E-state index in [0.717, 1.165) is 16.8 Å². The van der Waals surface area contributed by atoms with Gasteiger partial charge in [-0.1, -0.05) is 11.6 Å². The molecule has 0 aliphatic carbocycles. The minimum Gasteiger partial charge on any atom is -0.354 e. The molecule has 138 valence electrons. The van der Waals surface area contributed by atoms with Crippen LogP contribution in [0.3, 0.4) is 0 Å². The third kappa shape index (κ3) is 7.05. The van der Waals surface area contributed by atoms with Crippen molar-refractivity contribution < 1.29 is 8.42 Å². The Bertz CT molecular complexity index is 661. The number of rotatable bonds is 5. The maximum atomic E-state index is 11.6. The van der Waals surface area contributed by atoms with Crippen LogP contribution in [-0.4, -0.2) is 50.4 Å². The molecule has 0 bridgehead atoms. The summed E-state index contributed by atoms with van der Waals surface area (Å²) in [7, 11) is -0.869. The second kappa shape index (κ2) is 9.59. The molecule has 1 aliphatic rings. The first-order valence-electron chi connectivity index (χ1n) is 7.72. The summed E-state index contributed by atoms with van der Waals surface area (Å²) in [5.41, 5.74) is 0. The van der Waals surface area contributed by atoms with Crippen LogP contribution in [0.4, 0.5) is 0 Å². The average molecular weight is 506 g/mol. The summed E-state index contributed by atoms with van der Waals surface area (Å²) in [5.74, 6) is 1.49. The van der Waals surface area contributed by atoms with E-state index in [1.165, 1.54) is 4.88 Å². The molecule has 0 saturated carbocycles. The quantitative estimate of drug-likeness (QED) is 0.379. The zero-order valence-corrected chi connectivity index (χ0v) is 18.9. The van der Waals surface area contributed by atoms with Gasteiger partial charge in [-0.25, -0.2) is 8.42 Å². The molecule has 1 aromatic heterocycles. The monoisotopic (exact) mass is 505 g/mol. The summed E-state index contributed by atoms with van der Waals surface area (Å²) in [6, 6.07) is 4.17. The summed E-state index contributed by atoms with van der Waals surface area (Å²) in [4.78, 5) is 7.87. The van der Waals surface area contributed by atoms with Gasteiger partial charge in [-0.2, -0.15) is 0 Å². The molecular formula is C15H25ClIN3O2S2. The third-order valence-electron chi connectivity index (χ3n) is 3.63. The van der Waals surface area contributed by atoms with Crippen LogP contribution in [0.15, 0.2) is 17.1 Å². The van der Waals surface area contributed by atoms with Crippen molar-refractivity contribution in [3.8, 4) is 0 Å². The first-order valence-corrected chi connectivity index (χ1v) is 10.7. The molecule has 0 spiro atoms. The Balaban J connectivity index is 0.00000288. The molecule has 0 aromatic carbocycles. The summed E-state index contributed by atoms with van der Waals surface area (Å²) < 4.78 is 23.9. The molecule has 1 unspecified atom stereocenters. The number of hydrogen-bond acceptors (Lipinski definition) is 4. The Morgan fingerprint density at radius 2 is 2.21 bits per heavy atom. The summed E-state index contributed by atoms with van der Waals surface area (Å²) >= 11 is 7.54. The van der Waals surface area contributed by atoms with Crippen LogP contribution >= 0.6 is 46.9 Å². The summed E-state index contributed by atoms with van der Waals surface area (Å²) in [6.07, 6.45) is 0.713. The van der Waals surface area contributed by atoms with E-state index in [0.29, 0.717) is 18.7 Å². The van der Waals surface area contributed by atoms with Gasteiger partial charge < -0.3 is 10.2 Å². The highest BCUT2D eigenvalue weighted by molar-refractivity contribution is 14.0. The standard InChI is InChI=1S/C15H24ClN3O2S2.HI/c1-11(2)18-15(17-8-12-6-7-23(20,21)10-12)19(3)9-13-4-5-14(16)22-13;/h4-5,11-12H,6-10H2,1-3H3,(H,17,18);1H. The van der Waals surface area contributed by atoms with Gasteiger partial charge in [-0.3, -0.25) is 4.99 Å². The zero-order chi connectivity index (χ0) is 17.0. The largest absolute Gasteiger partial charge is 0.354 e. The number of thiophene rings is 1. The van der Waals surface area contributed by atoms with Gasteiger partial charge in [-0.15, -0.1) is 35.3 Å². The molecule has 0 amide bonds. The van der Waals surface area contributed by atoms with E-state index in [4.69, 9.17) is 11.6 Å². The summed E-state index contributed by atoms with van der Waals surface area (Å²) in [5, 5.41) is 3.35. The lowest BCUT2D eigenvalue weighted by molar-refractivity contribution is 0.466. The number of sulfone groups is 1. The van der Waals surface area contributed by atoms with Gasteiger partial charge in [0.15, 0.2) is 15.8 Å². The number of nitrogens with zero attached hydrogens (tertiary/aromatic N) is 2. The maximum Gasteiger partial charge on any atom is 0.194 e. The van der Waals surface area contributed by atoms with E-state index in [2.05, 4.69) is 24.2 Å². The van der Waals surface area contributed by atoms with Crippen LogP contribution in [0.5, 0.6) is 0 Å². The lowest BCUT2D eigenvalue weighted by Gasteiger charge is -2.24. The van der Waals surface area contributed by atoms with Gasteiger partial charge in [0, 0.05) is 24.5 Å². The molecule has 2 heterocycles. The van der Waals surface area contributed by atoms with Gasteiger partial charge in [0.05, 0.1) is 22.4 Å². The minimum absolute atomic E-state index is 0. The van der Waals surface area contributed by atoms with E-state index in [1.54, 1.807) is 11.3 Å². The topological polar surface area (TPSA) is 61.8 Å². The summed E-state index contributed by atoms with van der Waals surface area (Å²) in [6.45, 7) is 5.39. The Hall–Kier alpha value is -0.0600. The van der Waals surface area contributed by atoms with Gasteiger partial charge in [0.25, 0.3) is 0 Å². The second-order valence-corrected chi connectivity index (χ2v) is 10.3. The Kier molecular flexibility index (Phi) is 8.78. The predicted octanol–water partition coefficient (Wildman–Crippen LogP) is 3.24. The predicted molar refractivity (Wildman–Crippen MR) is 114 cm³/mol. The number of nitrogens with one attached hydrogen (secondary N) is 1. The number of halogens is 2. The maximum absolute atomic E-state index is 11.6.